The first kappa shape index (κ1) is 13.5. The van der Waals surface area contributed by atoms with E-state index in [2.05, 4.69) is 12.8 Å². The maximum atomic E-state index is 5.29. The lowest BCUT2D eigenvalue weighted by molar-refractivity contribution is 0.138. The molecule has 0 aliphatic carbocycles. The van der Waals surface area contributed by atoms with Gasteiger partial charge in [0.25, 0.3) is 0 Å². The fraction of sp³-hybridized carbons (Fsp3) is 0.846. The number of methoxy groups -OCH3 is 1. The van der Waals surface area contributed by atoms with Crippen molar-refractivity contribution in [3.8, 4) is 12.3 Å². The van der Waals surface area contributed by atoms with Crippen molar-refractivity contribution in [3.05, 3.63) is 0 Å². The van der Waals surface area contributed by atoms with Crippen LogP contribution in [0.25, 0.3) is 0 Å². The molecular formula is C13H24O. The quantitative estimate of drug-likeness (QED) is 0.403. The van der Waals surface area contributed by atoms with Crippen molar-refractivity contribution in [1.29, 1.82) is 0 Å². The van der Waals surface area contributed by atoms with E-state index in [0.29, 0.717) is 0 Å². The lowest BCUT2D eigenvalue weighted by Crippen LogP contribution is -2.06. The molecule has 0 aliphatic heterocycles. The molecule has 0 aromatic rings. The molecular weight excluding hydrogens is 172 g/mol. The Labute approximate surface area is 89.2 Å². The number of rotatable bonds is 9. The fourth-order valence-corrected chi connectivity index (χ4v) is 1.56. The highest BCUT2D eigenvalue weighted by Gasteiger charge is 2.00. The van der Waals surface area contributed by atoms with E-state index in [-0.39, 0.29) is 6.10 Å². The highest BCUT2D eigenvalue weighted by atomic mass is 16.5. The molecule has 0 bridgehead atoms. The molecule has 0 fully saturated rings. The van der Waals surface area contributed by atoms with Gasteiger partial charge in [-0.1, -0.05) is 51.4 Å². The normalized spacial score (nSPS) is 12.4. The summed E-state index contributed by atoms with van der Waals surface area (Å²) in [6.45, 7) is 2.25. The topological polar surface area (TPSA) is 9.23 Å². The van der Waals surface area contributed by atoms with E-state index in [9.17, 15) is 0 Å². The third-order valence-corrected chi connectivity index (χ3v) is 2.54. The minimum absolute atomic E-state index is 0.0330. The molecule has 0 heterocycles. The summed E-state index contributed by atoms with van der Waals surface area (Å²) in [5.74, 6) is 2.64. The zero-order chi connectivity index (χ0) is 10.6. The molecule has 14 heavy (non-hydrogen) atoms. The summed E-state index contributed by atoms with van der Waals surface area (Å²) in [7, 11) is 1.69. The van der Waals surface area contributed by atoms with Gasteiger partial charge in [-0.15, -0.1) is 6.42 Å². The van der Waals surface area contributed by atoms with Gasteiger partial charge in [0.1, 0.15) is 6.10 Å². The van der Waals surface area contributed by atoms with Gasteiger partial charge < -0.3 is 4.74 Å². The summed E-state index contributed by atoms with van der Waals surface area (Å²) in [5.41, 5.74) is 0. The Bertz CT molecular complexity index is 146. The Morgan fingerprint density at radius 1 is 1.07 bits per heavy atom. The van der Waals surface area contributed by atoms with Crippen LogP contribution in [0.4, 0.5) is 0 Å². The van der Waals surface area contributed by atoms with Crippen molar-refractivity contribution in [2.75, 3.05) is 7.11 Å². The van der Waals surface area contributed by atoms with Crippen LogP contribution in [0, 0.1) is 12.3 Å². The third kappa shape index (κ3) is 8.13. The van der Waals surface area contributed by atoms with Gasteiger partial charge in [0, 0.05) is 7.11 Å². The summed E-state index contributed by atoms with van der Waals surface area (Å²) < 4.78 is 5.11. The minimum Gasteiger partial charge on any atom is -0.369 e. The van der Waals surface area contributed by atoms with Crippen LogP contribution in [0.15, 0.2) is 0 Å². The van der Waals surface area contributed by atoms with Crippen LogP contribution in [0.2, 0.25) is 0 Å². The molecule has 1 heteroatoms. The van der Waals surface area contributed by atoms with Gasteiger partial charge in [0.05, 0.1) is 0 Å². The van der Waals surface area contributed by atoms with E-state index in [4.69, 9.17) is 11.2 Å². The first-order valence-corrected chi connectivity index (χ1v) is 5.84. The number of hydrogen-bond acceptors (Lipinski definition) is 1. The van der Waals surface area contributed by atoms with Gasteiger partial charge in [-0.05, 0) is 12.8 Å². The van der Waals surface area contributed by atoms with Gasteiger partial charge in [-0.25, -0.2) is 0 Å². The van der Waals surface area contributed by atoms with Crippen molar-refractivity contribution in [1.82, 2.24) is 0 Å². The maximum Gasteiger partial charge on any atom is 0.117 e. The molecule has 0 amide bonds. The van der Waals surface area contributed by atoms with Gasteiger partial charge in [-0.3, -0.25) is 0 Å². The van der Waals surface area contributed by atoms with E-state index in [1.165, 1.54) is 44.9 Å². The number of unbranched alkanes of at least 4 members (excludes halogenated alkanes) is 6. The van der Waals surface area contributed by atoms with Crippen LogP contribution >= 0.6 is 0 Å². The Morgan fingerprint density at radius 3 is 2.14 bits per heavy atom. The van der Waals surface area contributed by atoms with Crippen molar-refractivity contribution < 1.29 is 4.74 Å². The minimum atomic E-state index is 0.0330. The average Bonchev–Trinajstić information content (AvgIpc) is 2.22. The zero-order valence-electron chi connectivity index (χ0n) is 9.72. The molecule has 0 aromatic heterocycles. The second-order valence-electron chi connectivity index (χ2n) is 3.80. The molecule has 0 spiro atoms. The molecule has 0 saturated heterocycles. The molecule has 0 rings (SSSR count). The molecule has 0 radical (unpaired) electrons. The lowest BCUT2D eigenvalue weighted by atomic mass is 10.1. The third-order valence-electron chi connectivity index (χ3n) is 2.54. The smallest absolute Gasteiger partial charge is 0.117 e. The van der Waals surface area contributed by atoms with Gasteiger partial charge in [-0.2, -0.15) is 0 Å². The van der Waals surface area contributed by atoms with Crippen molar-refractivity contribution in [2.24, 2.45) is 0 Å². The number of ether oxygens (including phenoxy) is 1. The van der Waals surface area contributed by atoms with Crippen LogP contribution < -0.4 is 0 Å². The first-order valence-electron chi connectivity index (χ1n) is 5.84. The highest BCUT2D eigenvalue weighted by molar-refractivity contribution is 4.93. The Hall–Kier alpha value is -0.480. The lowest BCUT2D eigenvalue weighted by Gasteiger charge is -2.07. The first-order chi connectivity index (χ1) is 6.85. The molecule has 1 nitrogen and oxygen atoms in total. The van der Waals surface area contributed by atoms with Crippen molar-refractivity contribution >= 4 is 0 Å². The molecule has 82 valence electrons. The van der Waals surface area contributed by atoms with Crippen molar-refractivity contribution in [2.45, 2.75) is 64.4 Å². The van der Waals surface area contributed by atoms with Crippen molar-refractivity contribution in [3.63, 3.8) is 0 Å². The molecule has 0 unspecified atom stereocenters. The van der Waals surface area contributed by atoms with Crippen LogP contribution in [-0.2, 0) is 4.74 Å². The van der Waals surface area contributed by atoms with E-state index in [0.717, 1.165) is 6.42 Å². The summed E-state index contributed by atoms with van der Waals surface area (Å²) >= 11 is 0. The monoisotopic (exact) mass is 196 g/mol. The van der Waals surface area contributed by atoms with Gasteiger partial charge >= 0.3 is 0 Å². The molecule has 0 aliphatic rings. The molecule has 0 aromatic carbocycles. The van der Waals surface area contributed by atoms with E-state index >= 15 is 0 Å². The Balaban J connectivity index is 3.09. The fourth-order valence-electron chi connectivity index (χ4n) is 1.56. The summed E-state index contributed by atoms with van der Waals surface area (Å²) in [5, 5.41) is 0. The van der Waals surface area contributed by atoms with Gasteiger partial charge in [0.15, 0.2) is 0 Å². The predicted octanol–water partition coefficient (Wildman–Crippen LogP) is 3.78. The van der Waals surface area contributed by atoms with Crippen LogP contribution in [0.1, 0.15) is 58.3 Å². The number of hydrogen-bond donors (Lipinski definition) is 0. The second kappa shape index (κ2) is 10.6. The Morgan fingerprint density at radius 2 is 1.64 bits per heavy atom. The van der Waals surface area contributed by atoms with Crippen LogP contribution in [0.3, 0.4) is 0 Å². The highest BCUT2D eigenvalue weighted by Crippen LogP contribution is 2.10. The average molecular weight is 196 g/mol. The standard InChI is InChI=1S/C13H24O/c1-4-6-7-8-9-10-11-12-13(5-2)14-3/h2,13H,4,6-12H2,1,3H3/t13-/m0/s1. The predicted molar refractivity (Wildman–Crippen MR) is 62.2 cm³/mol. The second-order valence-corrected chi connectivity index (χ2v) is 3.80. The molecule has 1 atom stereocenters. The Kier molecular flexibility index (Phi) is 10.2. The summed E-state index contributed by atoms with van der Waals surface area (Å²) in [4.78, 5) is 0. The zero-order valence-corrected chi connectivity index (χ0v) is 9.72. The maximum absolute atomic E-state index is 5.29. The van der Waals surface area contributed by atoms with E-state index in [1.807, 2.05) is 0 Å². The van der Waals surface area contributed by atoms with Crippen LogP contribution in [0.5, 0.6) is 0 Å². The summed E-state index contributed by atoms with van der Waals surface area (Å²) in [6.07, 6.45) is 15.7. The molecule has 0 N–H and O–H groups in total. The SMILES string of the molecule is C#C[C@@H](CCCCCCCCC)OC. The van der Waals surface area contributed by atoms with E-state index < -0.39 is 0 Å². The van der Waals surface area contributed by atoms with E-state index in [1.54, 1.807) is 7.11 Å². The summed E-state index contributed by atoms with van der Waals surface area (Å²) in [6, 6.07) is 0. The largest absolute Gasteiger partial charge is 0.369 e. The van der Waals surface area contributed by atoms with Crippen LogP contribution in [-0.4, -0.2) is 13.2 Å². The number of terminal acetylenes is 1. The van der Waals surface area contributed by atoms with Gasteiger partial charge in [0.2, 0.25) is 0 Å². The molecule has 0 saturated carbocycles.